The summed E-state index contributed by atoms with van der Waals surface area (Å²) >= 11 is 5.89. The van der Waals surface area contributed by atoms with Crippen molar-refractivity contribution in [3.63, 3.8) is 0 Å². The van der Waals surface area contributed by atoms with Crippen molar-refractivity contribution < 1.29 is 13.3 Å². The SMILES string of the molecule is N#Cc1c(/N=C/c2ccc(Cl)cc2)oc(-c2ccco2)c1-c1ccco1. The van der Waals surface area contributed by atoms with Crippen molar-refractivity contribution in [2.75, 3.05) is 0 Å². The highest BCUT2D eigenvalue weighted by molar-refractivity contribution is 6.30. The molecule has 0 N–H and O–H groups in total. The molecule has 3 aromatic heterocycles. The van der Waals surface area contributed by atoms with E-state index in [9.17, 15) is 5.26 Å². The quantitative estimate of drug-likeness (QED) is 0.412. The standard InChI is InChI=1S/C20H11ClN2O3/c21-14-7-5-13(6-8-14)12-23-20-15(11-22)18(16-3-1-9-24-16)19(26-20)17-4-2-10-25-17/h1-10,12H/b23-12+. The summed E-state index contributed by atoms with van der Waals surface area (Å²) in [5.74, 6) is 1.57. The molecule has 0 saturated carbocycles. The minimum atomic E-state index is 0.181. The van der Waals surface area contributed by atoms with Gasteiger partial charge in [-0.1, -0.05) is 23.7 Å². The van der Waals surface area contributed by atoms with Gasteiger partial charge in [-0.3, -0.25) is 0 Å². The molecule has 0 aliphatic heterocycles. The number of rotatable bonds is 4. The van der Waals surface area contributed by atoms with Crippen LogP contribution in [0, 0.1) is 11.3 Å². The summed E-state index contributed by atoms with van der Waals surface area (Å²) in [7, 11) is 0. The Labute approximate surface area is 153 Å². The molecule has 0 spiro atoms. The van der Waals surface area contributed by atoms with E-state index in [4.69, 9.17) is 24.9 Å². The molecule has 0 unspecified atom stereocenters. The Morgan fingerprint density at radius 3 is 2.27 bits per heavy atom. The van der Waals surface area contributed by atoms with Crippen LogP contribution in [-0.4, -0.2) is 6.21 Å². The van der Waals surface area contributed by atoms with Gasteiger partial charge in [-0.05, 0) is 42.0 Å². The molecule has 0 aliphatic rings. The maximum atomic E-state index is 9.67. The number of benzene rings is 1. The molecule has 0 aliphatic carbocycles. The fourth-order valence-electron chi connectivity index (χ4n) is 2.53. The molecule has 0 radical (unpaired) electrons. The van der Waals surface area contributed by atoms with Gasteiger partial charge in [0.05, 0.1) is 18.1 Å². The summed E-state index contributed by atoms with van der Waals surface area (Å²) in [6, 6.07) is 16.3. The summed E-state index contributed by atoms with van der Waals surface area (Å²) in [5.41, 5.74) is 1.61. The van der Waals surface area contributed by atoms with Crippen LogP contribution in [-0.2, 0) is 0 Å². The Balaban J connectivity index is 1.84. The van der Waals surface area contributed by atoms with Crippen molar-refractivity contribution in [3.05, 3.63) is 77.2 Å². The highest BCUT2D eigenvalue weighted by atomic mass is 35.5. The third-order valence-electron chi connectivity index (χ3n) is 3.71. The topological polar surface area (TPSA) is 75.6 Å². The van der Waals surface area contributed by atoms with E-state index in [0.29, 0.717) is 27.9 Å². The second-order valence-electron chi connectivity index (χ2n) is 5.36. The minimum Gasteiger partial charge on any atom is -0.464 e. The number of hydrogen-bond acceptors (Lipinski definition) is 5. The van der Waals surface area contributed by atoms with Crippen LogP contribution in [0.15, 0.2) is 79.3 Å². The third kappa shape index (κ3) is 2.94. The van der Waals surface area contributed by atoms with E-state index in [-0.39, 0.29) is 11.4 Å². The average Bonchev–Trinajstić information content (AvgIpc) is 3.40. The van der Waals surface area contributed by atoms with Gasteiger partial charge >= 0.3 is 0 Å². The zero-order valence-electron chi connectivity index (χ0n) is 13.3. The normalized spacial score (nSPS) is 11.1. The fourth-order valence-corrected chi connectivity index (χ4v) is 2.66. The van der Waals surface area contributed by atoms with Gasteiger partial charge in [0.25, 0.3) is 0 Å². The van der Waals surface area contributed by atoms with E-state index in [1.54, 1.807) is 42.6 Å². The lowest BCUT2D eigenvalue weighted by atomic mass is 10.1. The summed E-state index contributed by atoms with van der Waals surface area (Å²) in [6.07, 6.45) is 4.67. The van der Waals surface area contributed by atoms with Gasteiger partial charge in [0, 0.05) is 11.2 Å². The highest BCUT2D eigenvalue weighted by Gasteiger charge is 2.25. The van der Waals surface area contributed by atoms with E-state index in [2.05, 4.69) is 11.1 Å². The Morgan fingerprint density at radius 1 is 0.962 bits per heavy atom. The summed E-state index contributed by atoms with van der Waals surface area (Å²) in [4.78, 5) is 4.34. The molecule has 0 bridgehead atoms. The van der Waals surface area contributed by atoms with Gasteiger partial charge < -0.3 is 13.3 Å². The molecule has 1 aromatic carbocycles. The van der Waals surface area contributed by atoms with Gasteiger partial charge in [-0.2, -0.15) is 5.26 Å². The maximum absolute atomic E-state index is 9.67. The van der Waals surface area contributed by atoms with Crippen molar-refractivity contribution in [2.45, 2.75) is 0 Å². The molecule has 0 fully saturated rings. The zero-order chi connectivity index (χ0) is 17.9. The highest BCUT2D eigenvalue weighted by Crippen LogP contribution is 2.42. The first kappa shape index (κ1) is 16.0. The van der Waals surface area contributed by atoms with Crippen molar-refractivity contribution in [3.8, 4) is 28.9 Å². The summed E-state index contributed by atoms with van der Waals surface area (Å²) in [5, 5.41) is 10.3. The first-order valence-electron chi connectivity index (χ1n) is 7.70. The maximum Gasteiger partial charge on any atom is 0.238 e. The van der Waals surface area contributed by atoms with Gasteiger partial charge in [0.1, 0.15) is 17.4 Å². The van der Waals surface area contributed by atoms with Crippen LogP contribution < -0.4 is 0 Å². The largest absolute Gasteiger partial charge is 0.464 e. The number of halogens is 1. The van der Waals surface area contributed by atoms with E-state index in [1.807, 2.05) is 12.1 Å². The van der Waals surface area contributed by atoms with Crippen LogP contribution in [0.25, 0.3) is 22.8 Å². The molecule has 126 valence electrons. The number of nitrogens with zero attached hydrogens (tertiary/aromatic N) is 2. The van der Waals surface area contributed by atoms with Crippen LogP contribution in [0.1, 0.15) is 11.1 Å². The van der Waals surface area contributed by atoms with Gasteiger partial charge in [0.15, 0.2) is 11.5 Å². The van der Waals surface area contributed by atoms with E-state index >= 15 is 0 Å². The molecular weight excluding hydrogens is 352 g/mol. The molecule has 3 heterocycles. The fraction of sp³-hybridized carbons (Fsp3) is 0. The van der Waals surface area contributed by atoms with Crippen molar-refractivity contribution in [1.29, 1.82) is 5.26 Å². The summed E-state index contributed by atoms with van der Waals surface area (Å²) in [6.45, 7) is 0. The van der Waals surface area contributed by atoms with Crippen LogP contribution in [0.3, 0.4) is 0 Å². The van der Waals surface area contributed by atoms with Crippen molar-refractivity contribution in [2.24, 2.45) is 4.99 Å². The lowest BCUT2D eigenvalue weighted by Gasteiger charge is -1.96. The van der Waals surface area contributed by atoms with Crippen molar-refractivity contribution in [1.82, 2.24) is 0 Å². The second kappa shape index (κ2) is 6.79. The smallest absolute Gasteiger partial charge is 0.238 e. The Bertz CT molecular complexity index is 1080. The molecule has 0 atom stereocenters. The molecular formula is C20H11ClN2O3. The van der Waals surface area contributed by atoms with Gasteiger partial charge in [0.2, 0.25) is 5.88 Å². The van der Waals surface area contributed by atoms with Gasteiger partial charge in [-0.15, -0.1) is 0 Å². The minimum absolute atomic E-state index is 0.181. The van der Waals surface area contributed by atoms with Crippen molar-refractivity contribution >= 4 is 23.7 Å². The molecule has 0 saturated heterocycles. The van der Waals surface area contributed by atoms with E-state index in [1.165, 1.54) is 12.5 Å². The monoisotopic (exact) mass is 362 g/mol. The number of hydrogen-bond donors (Lipinski definition) is 0. The molecule has 5 nitrogen and oxygen atoms in total. The first-order chi connectivity index (χ1) is 12.8. The lowest BCUT2D eigenvalue weighted by molar-refractivity contribution is 0.527. The molecule has 4 aromatic rings. The van der Waals surface area contributed by atoms with Crippen LogP contribution in [0.5, 0.6) is 0 Å². The summed E-state index contributed by atoms with van der Waals surface area (Å²) < 4.78 is 16.8. The Kier molecular flexibility index (Phi) is 4.18. The molecule has 6 heteroatoms. The zero-order valence-corrected chi connectivity index (χ0v) is 14.1. The molecule has 4 rings (SSSR count). The van der Waals surface area contributed by atoms with E-state index < -0.39 is 0 Å². The number of furan rings is 3. The second-order valence-corrected chi connectivity index (χ2v) is 5.80. The van der Waals surface area contributed by atoms with Gasteiger partial charge in [-0.25, -0.2) is 4.99 Å². The average molecular weight is 363 g/mol. The van der Waals surface area contributed by atoms with Crippen LogP contribution in [0.2, 0.25) is 5.02 Å². The van der Waals surface area contributed by atoms with E-state index in [0.717, 1.165) is 5.56 Å². The number of aliphatic imine (C=N–C) groups is 1. The third-order valence-corrected chi connectivity index (χ3v) is 3.97. The Hall–Kier alpha value is -3.49. The first-order valence-corrected chi connectivity index (χ1v) is 8.08. The Morgan fingerprint density at radius 2 is 1.65 bits per heavy atom. The van der Waals surface area contributed by atoms with Crippen LogP contribution in [0.4, 0.5) is 5.88 Å². The predicted octanol–water partition coefficient (Wildman–Crippen LogP) is 6.08. The molecule has 0 amide bonds. The number of nitriles is 1. The lowest BCUT2D eigenvalue weighted by Crippen LogP contribution is -1.81. The molecule has 26 heavy (non-hydrogen) atoms. The van der Waals surface area contributed by atoms with Crippen LogP contribution >= 0.6 is 11.6 Å². The predicted molar refractivity (Wildman–Crippen MR) is 97.5 cm³/mol.